The van der Waals surface area contributed by atoms with Gasteiger partial charge in [-0.05, 0) is 36.2 Å². The molecule has 1 aliphatic rings. The smallest absolute Gasteiger partial charge is 0.411 e. The van der Waals surface area contributed by atoms with Gasteiger partial charge in [-0.1, -0.05) is 36.4 Å². The first-order valence-electron chi connectivity index (χ1n) is 12.2. The molecule has 0 unspecified atom stereocenters. The number of ether oxygens (including phenoxy) is 3. The summed E-state index contributed by atoms with van der Waals surface area (Å²) in [6.45, 7) is 7.97. The van der Waals surface area contributed by atoms with Crippen LogP contribution in [0.15, 0.2) is 65.5 Å². The van der Waals surface area contributed by atoms with Gasteiger partial charge in [-0.3, -0.25) is 15.0 Å². The third kappa shape index (κ3) is 7.48. The molecule has 2 aromatic carbocycles. The highest BCUT2D eigenvalue weighted by molar-refractivity contribution is 5.84. The van der Waals surface area contributed by atoms with E-state index in [1.165, 1.54) is 10.7 Å². The fraction of sp³-hybridized carbons (Fsp3) is 0.370. The first-order valence-corrected chi connectivity index (χ1v) is 12.2. The Labute approximate surface area is 210 Å². The Morgan fingerprint density at radius 3 is 2.64 bits per heavy atom. The monoisotopic (exact) mass is 492 g/mol. The molecule has 3 aromatic rings. The highest BCUT2D eigenvalue weighted by Crippen LogP contribution is 2.18. The van der Waals surface area contributed by atoms with Crippen molar-refractivity contribution in [1.29, 1.82) is 0 Å². The summed E-state index contributed by atoms with van der Waals surface area (Å²) in [5.41, 5.74) is 3.93. The molecular formula is C27H32N4O5. The second-order valence-corrected chi connectivity index (χ2v) is 8.46. The number of morpholine rings is 1. The molecule has 0 aliphatic carbocycles. The van der Waals surface area contributed by atoms with Crippen LogP contribution >= 0.6 is 0 Å². The molecule has 1 fully saturated rings. The van der Waals surface area contributed by atoms with Crippen LogP contribution in [-0.4, -0.2) is 66.8 Å². The van der Waals surface area contributed by atoms with E-state index in [0.29, 0.717) is 31.2 Å². The molecular weight excluding hydrogens is 460 g/mol. The number of rotatable bonds is 10. The van der Waals surface area contributed by atoms with E-state index >= 15 is 0 Å². The summed E-state index contributed by atoms with van der Waals surface area (Å²) in [4.78, 5) is 26.5. The third-order valence-electron chi connectivity index (χ3n) is 5.82. The van der Waals surface area contributed by atoms with Crippen molar-refractivity contribution in [1.82, 2.24) is 14.7 Å². The lowest BCUT2D eigenvalue weighted by Crippen LogP contribution is -2.38. The Morgan fingerprint density at radius 1 is 1.06 bits per heavy atom. The van der Waals surface area contributed by atoms with Crippen molar-refractivity contribution in [3.63, 3.8) is 0 Å². The van der Waals surface area contributed by atoms with Crippen molar-refractivity contribution in [2.45, 2.75) is 20.1 Å². The van der Waals surface area contributed by atoms with Crippen LogP contribution < -0.4 is 10.9 Å². The molecule has 36 heavy (non-hydrogen) atoms. The van der Waals surface area contributed by atoms with Gasteiger partial charge >= 0.3 is 6.09 Å². The van der Waals surface area contributed by atoms with Crippen LogP contribution in [0.25, 0.3) is 11.3 Å². The fourth-order valence-electron chi connectivity index (χ4n) is 3.90. The zero-order chi connectivity index (χ0) is 25.2. The Kier molecular flexibility index (Phi) is 9.21. The number of benzene rings is 2. The Bertz CT molecular complexity index is 1190. The second kappa shape index (κ2) is 13.0. The summed E-state index contributed by atoms with van der Waals surface area (Å²) >= 11 is 0. The van der Waals surface area contributed by atoms with E-state index in [1.54, 1.807) is 25.1 Å². The van der Waals surface area contributed by atoms with E-state index < -0.39 is 6.09 Å². The molecule has 1 N–H and O–H groups in total. The summed E-state index contributed by atoms with van der Waals surface area (Å²) < 4.78 is 17.5. The maximum atomic E-state index is 12.5. The molecule has 9 heteroatoms. The minimum atomic E-state index is -0.516. The molecule has 0 atom stereocenters. The van der Waals surface area contributed by atoms with Gasteiger partial charge in [-0.15, -0.1) is 0 Å². The standard InChI is InChI=1S/C27H32N4O5/c1-2-36-27(33)28-24-5-3-4-22(18-24)19-31-26(32)11-10-25(29-31)23-8-6-21(7-9-23)20-35-17-14-30-12-15-34-16-13-30/h3-11,18H,2,12-17,19-20H2,1H3,(H,28,33). The van der Waals surface area contributed by atoms with Gasteiger partial charge in [-0.25, -0.2) is 9.48 Å². The fourth-order valence-corrected chi connectivity index (χ4v) is 3.90. The number of amides is 1. The molecule has 1 amide bonds. The van der Waals surface area contributed by atoms with Gasteiger partial charge in [0.2, 0.25) is 0 Å². The van der Waals surface area contributed by atoms with Crippen LogP contribution in [0.5, 0.6) is 0 Å². The summed E-state index contributed by atoms with van der Waals surface area (Å²) in [5.74, 6) is 0. The average Bonchev–Trinajstić information content (AvgIpc) is 2.89. The van der Waals surface area contributed by atoms with E-state index in [2.05, 4.69) is 15.3 Å². The predicted molar refractivity (Wildman–Crippen MR) is 137 cm³/mol. The van der Waals surface area contributed by atoms with E-state index in [-0.39, 0.29) is 12.1 Å². The molecule has 1 aromatic heterocycles. The van der Waals surface area contributed by atoms with Crippen LogP contribution in [0.4, 0.5) is 10.5 Å². The largest absolute Gasteiger partial charge is 0.450 e. The molecule has 9 nitrogen and oxygen atoms in total. The second-order valence-electron chi connectivity index (χ2n) is 8.46. The maximum absolute atomic E-state index is 12.5. The molecule has 0 spiro atoms. The lowest BCUT2D eigenvalue weighted by molar-refractivity contribution is 0.0180. The summed E-state index contributed by atoms with van der Waals surface area (Å²) in [5, 5.41) is 7.23. The zero-order valence-electron chi connectivity index (χ0n) is 20.5. The Hall–Kier alpha value is -3.53. The third-order valence-corrected chi connectivity index (χ3v) is 5.82. The minimum absolute atomic E-state index is 0.201. The highest BCUT2D eigenvalue weighted by atomic mass is 16.5. The lowest BCUT2D eigenvalue weighted by atomic mass is 10.1. The SMILES string of the molecule is CCOC(=O)Nc1cccc(Cn2nc(-c3ccc(COCCN4CCOCC4)cc3)ccc2=O)c1. The van der Waals surface area contributed by atoms with E-state index in [0.717, 1.165) is 49.5 Å². The highest BCUT2D eigenvalue weighted by Gasteiger charge is 2.10. The number of nitrogens with zero attached hydrogens (tertiary/aromatic N) is 3. The first kappa shape index (κ1) is 25.6. The summed E-state index contributed by atoms with van der Waals surface area (Å²) in [6.07, 6.45) is -0.516. The van der Waals surface area contributed by atoms with Crippen LogP contribution in [0.2, 0.25) is 0 Å². The minimum Gasteiger partial charge on any atom is -0.450 e. The van der Waals surface area contributed by atoms with Crippen molar-refractivity contribution >= 4 is 11.8 Å². The molecule has 1 saturated heterocycles. The number of hydrogen-bond acceptors (Lipinski definition) is 7. The number of carbonyl (C=O) groups is 1. The van der Waals surface area contributed by atoms with Gasteiger partial charge in [0.15, 0.2) is 0 Å². The molecule has 2 heterocycles. The molecule has 1 aliphatic heterocycles. The first-order chi connectivity index (χ1) is 17.6. The van der Waals surface area contributed by atoms with Gasteiger partial charge in [0.25, 0.3) is 5.56 Å². The van der Waals surface area contributed by atoms with Gasteiger partial charge in [0.05, 0.1) is 45.3 Å². The summed E-state index contributed by atoms with van der Waals surface area (Å²) in [6, 6.07) is 18.5. The number of hydrogen-bond donors (Lipinski definition) is 1. The van der Waals surface area contributed by atoms with E-state index in [1.807, 2.05) is 36.4 Å². The molecule has 0 bridgehead atoms. The van der Waals surface area contributed by atoms with Gasteiger partial charge < -0.3 is 14.2 Å². The quantitative estimate of drug-likeness (QED) is 0.434. The Balaban J connectivity index is 1.35. The predicted octanol–water partition coefficient (Wildman–Crippen LogP) is 3.38. The van der Waals surface area contributed by atoms with Crippen molar-refractivity contribution in [2.75, 3.05) is 51.4 Å². The average molecular weight is 493 g/mol. The molecule has 4 rings (SSSR count). The van der Waals surface area contributed by atoms with Crippen molar-refractivity contribution in [2.24, 2.45) is 0 Å². The van der Waals surface area contributed by atoms with Crippen molar-refractivity contribution < 1.29 is 19.0 Å². The summed E-state index contributed by atoms with van der Waals surface area (Å²) in [7, 11) is 0. The van der Waals surface area contributed by atoms with Crippen molar-refractivity contribution in [3.05, 3.63) is 82.1 Å². The van der Waals surface area contributed by atoms with Crippen LogP contribution in [-0.2, 0) is 27.4 Å². The number of anilines is 1. The van der Waals surface area contributed by atoms with E-state index in [9.17, 15) is 9.59 Å². The van der Waals surface area contributed by atoms with Crippen molar-refractivity contribution in [3.8, 4) is 11.3 Å². The zero-order valence-corrected chi connectivity index (χ0v) is 20.5. The van der Waals surface area contributed by atoms with Gasteiger partial charge in [0.1, 0.15) is 0 Å². The lowest BCUT2D eigenvalue weighted by Gasteiger charge is -2.26. The van der Waals surface area contributed by atoms with Crippen LogP contribution in [0, 0.1) is 0 Å². The van der Waals surface area contributed by atoms with Gasteiger partial charge in [0, 0.05) is 37.0 Å². The number of carbonyl (C=O) groups excluding carboxylic acids is 1. The molecule has 0 radical (unpaired) electrons. The number of nitrogens with one attached hydrogen (secondary N) is 1. The van der Waals surface area contributed by atoms with Gasteiger partial charge in [-0.2, -0.15) is 5.10 Å². The van der Waals surface area contributed by atoms with Crippen LogP contribution in [0.1, 0.15) is 18.1 Å². The molecule has 190 valence electrons. The topological polar surface area (TPSA) is 94.9 Å². The van der Waals surface area contributed by atoms with Crippen LogP contribution in [0.3, 0.4) is 0 Å². The van der Waals surface area contributed by atoms with E-state index in [4.69, 9.17) is 14.2 Å². The Morgan fingerprint density at radius 2 is 1.86 bits per heavy atom. The molecule has 0 saturated carbocycles. The number of aromatic nitrogens is 2. The maximum Gasteiger partial charge on any atom is 0.411 e. The normalized spacial score (nSPS) is 13.9.